The highest BCUT2D eigenvalue weighted by molar-refractivity contribution is 5.99. The molecule has 112 valence electrons. The van der Waals surface area contributed by atoms with Crippen molar-refractivity contribution in [3.8, 4) is 5.75 Å². The second kappa shape index (κ2) is 5.91. The van der Waals surface area contributed by atoms with Crippen molar-refractivity contribution in [1.82, 2.24) is 4.98 Å². The molecule has 0 aliphatic carbocycles. The summed E-state index contributed by atoms with van der Waals surface area (Å²) in [6.45, 7) is 5.89. The number of benzene rings is 1. The summed E-state index contributed by atoms with van der Waals surface area (Å²) in [6, 6.07) is 3.54. The Morgan fingerprint density at radius 2 is 2.10 bits per heavy atom. The maximum absolute atomic E-state index is 11.6. The van der Waals surface area contributed by atoms with Crippen LogP contribution in [-0.4, -0.2) is 25.2 Å². The first-order chi connectivity index (χ1) is 9.97. The molecule has 0 atom stereocenters. The molecule has 0 unspecified atom stereocenters. The number of hydrogen-bond acceptors (Lipinski definition) is 4. The summed E-state index contributed by atoms with van der Waals surface area (Å²) < 4.78 is 10.2. The van der Waals surface area contributed by atoms with Crippen molar-refractivity contribution in [1.29, 1.82) is 0 Å². The first-order valence-electron chi connectivity index (χ1n) is 6.68. The van der Waals surface area contributed by atoms with E-state index in [0.717, 1.165) is 34.9 Å². The van der Waals surface area contributed by atoms with Crippen LogP contribution in [0, 0.1) is 0 Å². The van der Waals surface area contributed by atoms with Gasteiger partial charge in [0.05, 0.1) is 19.7 Å². The number of ether oxygens (including phenoxy) is 2. The van der Waals surface area contributed by atoms with E-state index in [1.54, 1.807) is 13.2 Å². The van der Waals surface area contributed by atoms with Gasteiger partial charge in [-0.3, -0.25) is 0 Å². The molecule has 0 amide bonds. The fraction of sp³-hybridized carbons (Fsp3) is 0.312. The Kier molecular flexibility index (Phi) is 4.21. The summed E-state index contributed by atoms with van der Waals surface area (Å²) in [5.41, 5.74) is 9.91. The van der Waals surface area contributed by atoms with Crippen molar-refractivity contribution in [3.05, 3.63) is 35.5 Å². The molecule has 0 fully saturated rings. The van der Waals surface area contributed by atoms with Crippen molar-refractivity contribution in [3.63, 3.8) is 0 Å². The Labute approximate surface area is 123 Å². The Morgan fingerprint density at radius 3 is 2.67 bits per heavy atom. The SMILES string of the molecule is C=C(C)CCc1c(N)cc2[nH]c(C(=O)OC)cc2c1OC. The van der Waals surface area contributed by atoms with Gasteiger partial charge in [0.1, 0.15) is 11.4 Å². The van der Waals surface area contributed by atoms with Crippen LogP contribution in [-0.2, 0) is 11.2 Å². The van der Waals surface area contributed by atoms with E-state index in [-0.39, 0.29) is 0 Å². The van der Waals surface area contributed by atoms with Crippen LogP contribution >= 0.6 is 0 Å². The number of aromatic nitrogens is 1. The van der Waals surface area contributed by atoms with E-state index < -0.39 is 5.97 Å². The number of nitrogens with two attached hydrogens (primary N) is 1. The Morgan fingerprint density at radius 1 is 1.38 bits per heavy atom. The highest BCUT2D eigenvalue weighted by Crippen LogP contribution is 2.36. The Hall–Kier alpha value is -2.43. The summed E-state index contributed by atoms with van der Waals surface area (Å²) in [5, 5.41) is 0.823. The smallest absolute Gasteiger partial charge is 0.354 e. The summed E-state index contributed by atoms with van der Waals surface area (Å²) >= 11 is 0. The molecular weight excluding hydrogens is 268 g/mol. The second-order valence-electron chi connectivity index (χ2n) is 5.07. The van der Waals surface area contributed by atoms with E-state index in [4.69, 9.17) is 15.2 Å². The lowest BCUT2D eigenvalue weighted by atomic mass is 10.0. The van der Waals surface area contributed by atoms with Crippen molar-refractivity contribution < 1.29 is 14.3 Å². The molecule has 0 spiro atoms. The number of carbonyl (C=O) groups excluding carboxylic acids is 1. The van der Waals surface area contributed by atoms with Crippen molar-refractivity contribution in [2.75, 3.05) is 20.0 Å². The van der Waals surface area contributed by atoms with Gasteiger partial charge in [-0.15, -0.1) is 6.58 Å². The molecule has 1 heterocycles. The number of nitrogens with one attached hydrogen (secondary N) is 1. The predicted molar refractivity (Wildman–Crippen MR) is 83.7 cm³/mol. The average Bonchev–Trinajstić information content (AvgIpc) is 2.86. The number of aromatic amines is 1. The lowest BCUT2D eigenvalue weighted by Gasteiger charge is -2.13. The van der Waals surface area contributed by atoms with Crippen molar-refractivity contribution >= 4 is 22.6 Å². The summed E-state index contributed by atoms with van der Waals surface area (Å²) in [5.74, 6) is 0.271. The minimum atomic E-state index is -0.421. The van der Waals surface area contributed by atoms with Gasteiger partial charge in [0, 0.05) is 16.6 Å². The van der Waals surface area contributed by atoms with Crippen molar-refractivity contribution in [2.24, 2.45) is 0 Å². The van der Waals surface area contributed by atoms with Gasteiger partial charge < -0.3 is 20.2 Å². The number of esters is 1. The zero-order chi connectivity index (χ0) is 15.6. The zero-order valence-corrected chi connectivity index (χ0v) is 12.6. The van der Waals surface area contributed by atoms with Crippen LogP contribution in [0.1, 0.15) is 29.4 Å². The summed E-state index contributed by atoms with van der Waals surface area (Å²) in [6.07, 6.45) is 1.58. The van der Waals surface area contributed by atoms with Gasteiger partial charge in [-0.1, -0.05) is 5.57 Å². The molecule has 0 radical (unpaired) electrons. The number of carbonyl (C=O) groups is 1. The lowest BCUT2D eigenvalue weighted by molar-refractivity contribution is 0.0595. The van der Waals surface area contributed by atoms with Gasteiger partial charge in [0.2, 0.25) is 0 Å². The monoisotopic (exact) mass is 288 g/mol. The number of methoxy groups -OCH3 is 2. The highest BCUT2D eigenvalue weighted by Gasteiger charge is 2.17. The Bertz CT molecular complexity index is 701. The van der Waals surface area contributed by atoms with Crippen LogP contribution in [0.5, 0.6) is 5.75 Å². The van der Waals surface area contributed by atoms with Gasteiger partial charge in [0.15, 0.2) is 0 Å². The maximum atomic E-state index is 11.6. The first-order valence-corrected chi connectivity index (χ1v) is 6.68. The normalized spacial score (nSPS) is 10.6. The van der Waals surface area contributed by atoms with Gasteiger partial charge in [-0.05, 0) is 31.9 Å². The molecule has 0 saturated heterocycles. The zero-order valence-electron chi connectivity index (χ0n) is 12.6. The predicted octanol–water partition coefficient (Wildman–Crippen LogP) is 3.05. The van der Waals surface area contributed by atoms with Crippen LogP contribution in [0.25, 0.3) is 10.9 Å². The topological polar surface area (TPSA) is 77.3 Å². The molecule has 0 bridgehead atoms. The third-order valence-electron chi connectivity index (χ3n) is 3.43. The van der Waals surface area contributed by atoms with E-state index in [1.807, 2.05) is 13.0 Å². The number of hydrogen-bond donors (Lipinski definition) is 2. The van der Waals surface area contributed by atoms with E-state index in [9.17, 15) is 4.79 Å². The molecule has 2 rings (SSSR count). The first kappa shape index (κ1) is 15.0. The number of H-pyrrole nitrogens is 1. The fourth-order valence-corrected chi connectivity index (χ4v) is 2.36. The number of allylic oxidation sites excluding steroid dienone is 1. The third-order valence-corrected chi connectivity index (χ3v) is 3.43. The average molecular weight is 288 g/mol. The van der Waals surface area contributed by atoms with Crippen LogP contribution in [0.4, 0.5) is 5.69 Å². The van der Waals surface area contributed by atoms with Crippen LogP contribution in [0.15, 0.2) is 24.3 Å². The third kappa shape index (κ3) is 2.86. The lowest BCUT2D eigenvalue weighted by Crippen LogP contribution is -2.00. The summed E-state index contributed by atoms with van der Waals surface area (Å²) in [7, 11) is 2.95. The van der Waals surface area contributed by atoms with E-state index in [1.165, 1.54) is 7.11 Å². The number of nitrogen functional groups attached to an aromatic ring is 1. The van der Waals surface area contributed by atoms with Gasteiger partial charge in [0.25, 0.3) is 0 Å². The number of anilines is 1. The van der Waals surface area contributed by atoms with Crippen molar-refractivity contribution in [2.45, 2.75) is 19.8 Å². The largest absolute Gasteiger partial charge is 0.496 e. The van der Waals surface area contributed by atoms with Crippen LogP contribution in [0.2, 0.25) is 0 Å². The van der Waals surface area contributed by atoms with Gasteiger partial charge in [-0.2, -0.15) is 0 Å². The molecular formula is C16H20N2O3. The molecule has 5 heteroatoms. The molecule has 1 aromatic carbocycles. The standard InChI is InChI=1S/C16H20N2O3/c1-9(2)5-6-10-12(17)8-13-11(15(10)20-3)7-14(18-13)16(19)21-4/h7-8,18H,1,5-6,17H2,2-4H3. The quantitative estimate of drug-likeness (QED) is 0.503. The molecule has 3 N–H and O–H groups in total. The second-order valence-corrected chi connectivity index (χ2v) is 5.07. The van der Waals surface area contributed by atoms with Crippen LogP contribution < -0.4 is 10.5 Å². The van der Waals surface area contributed by atoms with Gasteiger partial charge >= 0.3 is 5.97 Å². The molecule has 0 aliphatic rings. The Balaban J connectivity index is 2.57. The molecule has 21 heavy (non-hydrogen) atoms. The van der Waals surface area contributed by atoms with E-state index in [0.29, 0.717) is 17.1 Å². The van der Waals surface area contributed by atoms with Crippen LogP contribution in [0.3, 0.4) is 0 Å². The van der Waals surface area contributed by atoms with E-state index >= 15 is 0 Å². The van der Waals surface area contributed by atoms with Gasteiger partial charge in [-0.25, -0.2) is 4.79 Å². The molecule has 0 saturated carbocycles. The maximum Gasteiger partial charge on any atom is 0.354 e. The number of rotatable bonds is 5. The highest BCUT2D eigenvalue weighted by atomic mass is 16.5. The molecule has 1 aromatic heterocycles. The minimum absolute atomic E-state index is 0.377. The van der Waals surface area contributed by atoms with E-state index in [2.05, 4.69) is 11.6 Å². The number of fused-ring (bicyclic) bond motifs is 1. The molecule has 0 aliphatic heterocycles. The minimum Gasteiger partial charge on any atom is -0.496 e. The fourth-order valence-electron chi connectivity index (χ4n) is 2.36. The molecule has 2 aromatic rings. The summed E-state index contributed by atoms with van der Waals surface area (Å²) in [4.78, 5) is 14.6. The molecule has 5 nitrogen and oxygen atoms in total.